The Morgan fingerprint density at radius 1 is 0.871 bits per heavy atom. The van der Waals surface area contributed by atoms with Crippen molar-refractivity contribution in [1.29, 1.82) is 0 Å². The van der Waals surface area contributed by atoms with Crippen molar-refractivity contribution in [1.82, 2.24) is 10.3 Å². The van der Waals surface area contributed by atoms with Gasteiger partial charge in [0, 0.05) is 35.9 Å². The molecule has 0 radical (unpaired) electrons. The highest BCUT2D eigenvalue weighted by molar-refractivity contribution is 5.86. The van der Waals surface area contributed by atoms with Crippen molar-refractivity contribution < 1.29 is 4.74 Å². The number of ether oxygens (including phenoxy) is 1. The van der Waals surface area contributed by atoms with Gasteiger partial charge >= 0.3 is 0 Å². The molecule has 0 fully saturated rings. The van der Waals surface area contributed by atoms with E-state index in [4.69, 9.17) is 4.74 Å². The number of aromatic nitrogens is 1. The molecule has 0 amide bonds. The average molecular weight is 414 g/mol. The molecule has 0 bridgehead atoms. The molecular formula is C27H31N3O. The maximum Gasteiger partial charge on any atom is 0.127 e. The lowest BCUT2D eigenvalue weighted by Crippen LogP contribution is -2.16. The molecule has 0 aliphatic carbocycles. The van der Waals surface area contributed by atoms with E-state index in [9.17, 15) is 0 Å². The quantitative estimate of drug-likeness (QED) is 0.246. The first kappa shape index (κ1) is 21.0. The summed E-state index contributed by atoms with van der Waals surface area (Å²) in [5.74, 6) is 1.72. The number of nitrogens with one attached hydrogen (secondary N) is 3. The Bertz CT molecular complexity index is 1090. The third kappa shape index (κ3) is 5.89. The summed E-state index contributed by atoms with van der Waals surface area (Å²) in [5.41, 5.74) is 4.96. The molecule has 0 saturated carbocycles. The lowest BCUT2D eigenvalue weighted by atomic mass is 10.1. The Morgan fingerprint density at radius 3 is 2.61 bits per heavy atom. The zero-order valence-electron chi connectivity index (χ0n) is 18.2. The Labute approximate surface area is 184 Å². The van der Waals surface area contributed by atoms with Crippen molar-refractivity contribution >= 4 is 16.6 Å². The molecular weight excluding hydrogens is 382 g/mol. The fourth-order valence-corrected chi connectivity index (χ4v) is 3.70. The van der Waals surface area contributed by atoms with Crippen LogP contribution in [0.4, 0.5) is 5.69 Å². The number of anilines is 1. The fourth-order valence-electron chi connectivity index (χ4n) is 3.70. The summed E-state index contributed by atoms with van der Waals surface area (Å²) in [6.45, 7) is 4.98. The van der Waals surface area contributed by atoms with Gasteiger partial charge in [0.25, 0.3) is 0 Å². The normalized spacial score (nSPS) is 11.0. The van der Waals surface area contributed by atoms with E-state index in [-0.39, 0.29) is 0 Å². The molecule has 4 aromatic rings. The predicted molar refractivity (Wildman–Crippen MR) is 130 cm³/mol. The standard InChI is InChI=1S/C27H31N3O/c1-2-3-15-29-23-12-13-27-26(18-23)22(20-30-27)14-16-28-19-21-8-7-11-25(17-21)31-24-9-5-4-6-10-24/h4-13,17-18,20,28-30H,2-3,14-16,19H2,1H3. The van der Waals surface area contributed by atoms with E-state index in [1.807, 2.05) is 42.5 Å². The monoisotopic (exact) mass is 413 g/mol. The second-order valence-corrected chi connectivity index (χ2v) is 7.84. The zero-order chi connectivity index (χ0) is 21.3. The molecule has 0 aliphatic heterocycles. The van der Waals surface area contributed by atoms with Crippen molar-refractivity contribution in [3.63, 3.8) is 0 Å². The number of para-hydroxylation sites is 1. The zero-order valence-corrected chi connectivity index (χ0v) is 18.2. The van der Waals surface area contributed by atoms with Gasteiger partial charge < -0.3 is 20.4 Å². The molecule has 31 heavy (non-hydrogen) atoms. The van der Waals surface area contributed by atoms with Gasteiger partial charge in [0.1, 0.15) is 11.5 Å². The van der Waals surface area contributed by atoms with E-state index in [0.29, 0.717) is 0 Å². The number of benzene rings is 3. The minimum absolute atomic E-state index is 0.818. The van der Waals surface area contributed by atoms with Crippen molar-refractivity contribution in [2.24, 2.45) is 0 Å². The molecule has 4 rings (SSSR count). The van der Waals surface area contributed by atoms with Crippen molar-refractivity contribution in [3.8, 4) is 11.5 Å². The fraction of sp³-hybridized carbons (Fsp3) is 0.259. The molecule has 0 saturated heterocycles. The van der Waals surface area contributed by atoms with Crippen LogP contribution >= 0.6 is 0 Å². The van der Waals surface area contributed by atoms with Crippen LogP contribution in [0.3, 0.4) is 0 Å². The summed E-state index contributed by atoms with van der Waals surface area (Å²) < 4.78 is 5.94. The number of fused-ring (bicyclic) bond motifs is 1. The van der Waals surface area contributed by atoms with Crippen LogP contribution in [-0.2, 0) is 13.0 Å². The Balaban J connectivity index is 1.30. The third-order valence-electron chi connectivity index (χ3n) is 5.40. The summed E-state index contributed by atoms with van der Waals surface area (Å²) in [5, 5.41) is 8.40. The molecule has 1 heterocycles. The number of H-pyrrole nitrogens is 1. The second-order valence-electron chi connectivity index (χ2n) is 7.84. The lowest BCUT2D eigenvalue weighted by molar-refractivity contribution is 0.481. The summed E-state index contributed by atoms with van der Waals surface area (Å²) in [6, 6.07) is 24.7. The van der Waals surface area contributed by atoms with E-state index < -0.39 is 0 Å². The van der Waals surface area contributed by atoms with Crippen molar-refractivity contribution in [2.75, 3.05) is 18.4 Å². The van der Waals surface area contributed by atoms with E-state index >= 15 is 0 Å². The molecule has 4 nitrogen and oxygen atoms in total. The van der Waals surface area contributed by atoms with Crippen LogP contribution in [-0.4, -0.2) is 18.1 Å². The van der Waals surface area contributed by atoms with Gasteiger partial charge in [-0.25, -0.2) is 0 Å². The van der Waals surface area contributed by atoms with Gasteiger partial charge in [-0.05, 0) is 73.0 Å². The summed E-state index contributed by atoms with van der Waals surface area (Å²) in [6.07, 6.45) is 5.52. The molecule has 0 aliphatic rings. The number of rotatable bonds is 11. The Kier molecular flexibility index (Phi) is 7.24. The van der Waals surface area contributed by atoms with Crippen LogP contribution in [0.1, 0.15) is 30.9 Å². The number of aromatic amines is 1. The molecule has 3 aromatic carbocycles. The SMILES string of the molecule is CCCCNc1ccc2[nH]cc(CCNCc3cccc(Oc4ccccc4)c3)c2c1. The minimum Gasteiger partial charge on any atom is -0.457 e. The highest BCUT2D eigenvalue weighted by Gasteiger charge is 2.05. The highest BCUT2D eigenvalue weighted by atomic mass is 16.5. The van der Waals surface area contributed by atoms with Crippen molar-refractivity contribution in [2.45, 2.75) is 32.7 Å². The van der Waals surface area contributed by atoms with Gasteiger partial charge in [-0.1, -0.05) is 43.7 Å². The Morgan fingerprint density at radius 2 is 1.74 bits per heavy atom. The first-order valence-electron chi connectivity index (χ1n) is 11.2. The molecule has 0 spiro atoms. The summed E-state index contributed by atoms with van der Waals surface area (Å²) in [4.78, 5) is 3.40. The Hall–Kier alpha value is -3.24. The van der Waals surface area contributed by atoms with E-state index in [0.717, 1.165) is 37.6 Å². The number of unbranched alkanes of at least 4 members (excludes halogenated alkanes) is 1. The highest BCUT2D eigenvalue weighted by Crippen LogP contribution is 2.23. The molecule has 0 unspecified atom stereocenters. The van der Waals surface area contributed by atoms with Crippen LogP contribution in [0, 0.1) is 0 Å². The summed E-state index contributed by atoms with van der Waals surface area (Å²) >= 11 is 0. The smallest absolute Gasteiger partial charge is 0.127 e. The molecule has 3 N–H and O–H groups in total. The van der Waals surface area contributed by atoms with Crippen LogP contribution in [0.2, 0.25) is 0 Å². The van der Waals surface area contributed by atoms with Gasteiger partial charge in [0.2, 0.25) is 0 Å². The van der Waals surface area contributed by atoms with Crippen LogP contribution in [0.5, 0.6) is 11.5 Å². The van der Waals surface area contributed by atoms with Gasteiger partial charge in [-0.15, -0.1) is 0 Å². The van der Waals surface area contributed by atoms with E-state index in [2.05, 4.69) is 59.1 Å². The maximum absolute atomic E-state index is 5.94. The topological polar surface area (TPSA) is 49.1 Å². The minimum atomic E-state index is 0.818. The lowest BCUT2D eigenvalue weighted by Gasteiger charge is -2.09. The van der Waals surface area contributed by atoms with Crippen LogP contribution < -0.4 is 15.4 Å². The van der Waals surface area contributed by atoms with Gasteiger partial charge in [0.05, 0.1) is 0 Å². The van der Waals surface area contributed by atoms with E-state index in [1.165, 1.54) is 40.6 Å². The molecule has 1 aromatic heterocycles. The van der Waals surface area contributed by atoms with Crippen LogP contribution in [0.25, 0.3) is 10.9 Å². The largest absolute Gasteiger partial charge is 0.457 e. The molecule has 0 atom stereocenters. The van der Waals surface area contributed by atoms with Gasteiger partial charge in [-0.3, -0.25) is 0 Å². The molecule has 160 valence electrons. The predicted octanol–water partition coefficient (Wildman–Crippen LogP) is 6.50. The first-order valence-corrected chi connectivity index (χ1v) is 11.2. The first-order chi connectivity index (χ1) is 15.3. The third-order valence-corrected chi connectivity index (χ3v) is 5.40. The average Bonchev–Trinajstić information content (AvgIpc) is 3.20. The molecule has 4 heteroatoms. The summed E-state index contributed by atoms with van der Waals surface area (Å²) in [7, 11) is 0. The number of hydrogen-bond acceptors (Lipinski definition) is 3. The maximum atomic E-state index is 5.94. The van der Waals surface area contributed by atoms with Gasteiger partial charge in [0.15, 0.2) is 0 Å². The van der Waals surface area contributed by atoms with Crippen LogP contribution in [0.15, 0.2) is 79.0 Å². The van der Waals surface area contributed by atoms with E-state index in [1.54, 1.807) is 0 Å². The second kappa shape index (κ2) is 10.7. The van der Waals surface area contributed by atoms with Crippen molar-refractivity contribution in [3.05, 3.63) is 90.1 Å². The number of hydrogen-bond donors (Lipinski definition) is 3. The van der Waals surface area contributed by atoms with Gasteiger partial charge in [-0.2, -0.15) is 0 Å².